The number of sulfonamides is 1. The molecule has 0 N–H and O–H groups in total. The topological polar surface area (TPSA) is 37.4 Å². The highest BCUT2D eigenvalue weighted by atomic mass is 35.5. The Morgan fingerprint density at radius 1 is 1.22 bits per heavy atom. The van der Waals surface area contributed by atoms with Crippen molar-refractivity contribution in [1.29, 1.82) is 0 Å². The number of alkyl halides is 1. The molecule has 0 aliphatic carbocycles. The summed E-state index contributed by atoms with van der Waals surface area (Å²) in [5, 5.41) is 0. The van der Waals surface area contributed by atoms with Crippen LogP contribution >= 0.6 is 11.6 Å². The van der Waals surface area contributed by atoms with Gasteiger partial charge in [-0.15, -0.1) is 11.6 Å². The molecule has 1 aromatic rings. The fraction of sp³-hybridized carbons (Fsp3) is 0.538. The van der Waals surface area contributed by atoms with Gasteiger partial charge >= 0.3 is 0 Å². The van der Waals surface area contributed by atoms with Crippen LogP contribution in [0.5, 0.6) is 0 Å². The summed E-state index contributed by atoms with van der Waals surface area (Å²) in [5.74, 6) is 0.201. The van der Waals surface area contributed by atoms with Crippen molar-refractivity contribution < 1.29 is 8.42 Å². The van der Waals surface area contributed by atoms with Crippen LogP contribution in [0.2, 0.25) is 0 Å². The van der Waals surface area contributed by atoms with Gasteiger partial charge < -0.3 is 0 Å². The van der Waals surface area contributed by atoms with Crippen molar-refractivity contribution in [2.75, 3.05) is 7.05 Å². The first-order valence-corrected chi connectivity index (χ1v) is 8.08. The predicted octanol–water partition coefficient (Wildman–Crippen LogP) is 3.23. The standard InChI is InChI=1S/C13H20ClNO2S/c1-4-12(5-2)15(3)18(16,17)13-9-7-6-8-11(13)10-14/h6-9,12H,4-5,10H2,1-3H3. The molecule has 0 aliphatic rings. The molecule has 0 saturated carbocycles. The molecule has 0 saturated heterocycles. The summed E-state index contributed by atoms with van der Waals surface area (Å²) in [7, 11) is -1.82. The molecule has 0 unspecified atom stereocenters. The molecule has 1 rings (SSSR count). The van der Waals surface area contributed by atoms with Gasteiger partial charge in [0.1, 0.15) is 0 Å². The summed E-state index contributed by atoms with van der Waals surface area (Å²) >= 11 is 5.81. The highest BCUT2D eigenvalue weighted by molar-refractivity contribution is 7.89. The normalized spacial score (nSPS) is 12.3. The third-order valence-corrected chi connectivity index (χ3v) is 5.53. The molecular formula is C13H20ClNO2S. The first-order chi connectivity index (χ1) is 8.48. The highest BCUT2D eigenvalue weighted by Gasteiger charge is 2.27. The minimum Gasteiger partial charge on any atom is -0.207 e. The van der Waals surface area contributed by atoms with E-state index in [1.165, 1.54) is 4.31 Å². The van der Waals surface area contributed by atoms with Gasteiger partial charge in [0.2, 0.25) is 10.0 Å². The molecule has 1 aromatic carbocycles. The van der Waals surface area contributed by atoms with E-state index in [-0.39, 0.29) is 11.9 Å². The van der Waals surface area contributed by atoms with E-state index in [0.717, 1.165) is 12.8 Å². The van der Waals surface area contributed by atoms with Gasteiger partial charge in [0, 0.05) is 19.0 Å². The van der Waals surface area contributed by atoms with E-state index < -0.39 is 10.0 Å². The molecule has 0 radical (unpaired) electrons. The number of halogens is 1. The van der Waals surface area contributed by atoms with Gasteiger partial charge in [-0.05, 0) is 24.5 Å². The molecule has 0 atom stereocenters. The molecule has 102 valence electrons. The third kappa shape index (κ3) is 3.05. The van der Waals surface area contributed by atoms with Crippen LogP contribution < -0.4 is 0 Å². The summed E-state index contributed by atoms with van der Waals surface area (Å²) in [4.78, 5) is 0.314. The van der Waals surface area contributed by atoms with Gasteiger partial charge in [-0.1, -0.05) is 32.0 Å². The number of benzene rings is 1. The van der Waals surface area contributed by atoms with E-state index in [2.05, 4.69) is 0 Å². The summed E-state index contributed by atoms with van der Waals surface area (Å²) in [6.07, 6.45) is 1.60. The summed E-state index contributed by atoms with van der Waals surface area (Å²) in [6, 6.07) is 6.92. The maximum atomic E-state index is 12.5. The quantitative estimate of drug-likeness (QED) is 0.754. The lowest BCUT2D eigenvalue weighted by molar-refractivity contribution is 0.349. The molecule has 3 nitrogen and oxygen atoms in total. The van der Waals surface area contributed by atoms with Crippen LogP contribution in [-0.2, 0) is 15.9 Å². The Labute approximate surface area is 115 Å². The van der Waals surface area contributed by atoms with E-state index in [0.29, 0.717) is 10.5 Å². The van der Waals surface area contributed by atoms with Crippen LogP contribution in [0.4, 0.5) is 0 Å². The number of nitrogens with zero attached hydrogens (tertiary/aromatic N) is 1. The van der Waals surface area contributed by atoms with E-state index in [1.54, 1.807) is 31.3 Å². The molecule has 5 heteroatoms. The van der Waals surface area contributed by atoms with Gasteiger partial charge in [0.25, 0.3) is 0 Å². The highest BCUT2D eigenvalue weighted by Crippen LogP contribution is 2.23. The smallest absolute Gasteiger partial charge is 0.207 e. The van der Waals surface area contributed by atoms with Crippen LogP contribution in [-0.4, -0.2) is 25.8 Å². The van der Waals surface area contributed by atoms with Crippen LogP contribution in [0.15, 0.2) is 29.2 Å². The largest absolute Gasteiger partial charge is 0.243 e. The Morgan fingerprint density at radius 3 is 2.28 bits per heavy atom. The van der Waals surface area contributed by atoms with Crippen LogP contribution in [0.1, 0.15) is 32.3 Å². The zero-order chi connectivity index (χ0) is 13.8. The maximum Gasteiger partial charge on any atom is 0.243 e. The van der Waals surface area contributed by atoms with Gasteiger partial charge in [0.15, 0.2) is 0 Å². The second kappa shape index (κ2) is 6.55. The fourth-order valence-electron chi connectivity index (χ4n) is 2.02. The molecule has 0 aliphatic heterocycles. The van der Waals surface area contributed by atoms with Crippen molar-refractivity contribution in [3.8, 4) is 0 Å². The monoisotopic (exact) mass is 289 g/mol. The molecule has 0 heterocycles. The van der Waals surface area contributed by atoms with E-state index >= 15 is 0 Å². The second-order valence-corrected chi connectivity index (χ2v) is 6.47. The number of hydrogen-bond acceptors (Lipinski definition) is 2. The number of hydrogen-bond donors (Lipinski definition) is 0. The van der Waals surface area contributed by atoms with Crippen LogP contribution in [0.3, 0.4) is 0 Å². The van der Waals surface area contributed by atoms with E-state index in [9.17, 15) is 8.42 Å². The maximum absolute atomic E-state index is 12.5. The van der Waals surface area contributed by atoms with Gasteiger partial charge in [-0.2, -0.15) is 4.31 Å². The molecular weight excluding hydrogens is 270 g/mol. The first kappa shape index (κ1) is 15.5. The molecule has 0 spiro atoms. The van der Waals surface area contributed by atoms with Gasteiger partial charge in [0.05, 0.1) is 4.90 Å². The van der Waals surface area contributed by atoms with Crippen molar-refractivity contribution in [1.82, 2.24) is 4.31 Å². The minimum atomic E-state index is -3.46. The molecule has 18 heavy (non-hydrogen) atoms. The third-order valence-electron chi connectivity index (χ3n) is 3.23. The van der Waals surface area contributed by atoms with E-state index in [4.69, 9.17) is 11.6 Å². The lowest BCUT2D eigenvalue weighted by Gasteiger charge is -2.26. The van der Waals surface area contributed by atoms with Gasteiger partial charge in [-0.3, -0.25) is 0 Å². The summed E-state index contributed by atoms with van der Waals surface area (Å²) in [5.41, 5.74) is 0.650. The first-order valence-electron chi connectivity index (χ1n) is 6.10. The van der Waals surface area contributed by atoms with Crippen molar-refractivity contribution >= 4 is 21.6 Å². The Balaban J connectivity index is 3.21. The SMILES string of the molecule is CCC(CC)N(C)S(=O)(=O)c1ccccc1CCl. The lowest BCUT2D eigenvalue weighted by atomic mass is 10.2. The van der Waals surface area contributed by atoms with E-state index in [1.807, 2.05) is 13.8 Å². The Bertz CT molecular complexity index is 484. The molecule has 0 aromatic heterocycles. The number of rotatable bonds is 6. The molecule has 0 bridgehead atoms. The fourth-order valence-corrected chi connectivity index (χ4v) is 4.06. The zero-order valence-electron chi connectivity index (χ0n) is 11.1. The Kier molecular flexibility index (Phi) is 5.63. The summed E-state index contributed by atoms with van der Waals surface area (Å²) < 4.78 is 26.5. The van der Waals surface area contributed by atoms with Gasteiger partial charge in [-0.25, -0.2) is 8.42 Å². The average Bonchev–Trinajstić information content (AvgIpc) is 2.39. The van der Waals surface area contributed by atoms with Crippen LogP contribution in [0, 0.1) is 0 Å². The Hall–Kier alpha value is -0.580. The predicted molar refractivity (Wildman–Crippen MR) is 75.3 cm³/mol. The minimum absolute atomic E-state index is 0.0263. The molecule has 0 amide bonds. The lowest BCUT2D eigenvalue weighted by Crippen LogP contribution is -2.36. The van der Waals surface area contributed by atoms with Crippen molar-refractivity contribution in [2.45, 2.75) is 43.5 Å². The molecule has 0 fully saturated rings. The van der Waals surface area contributed by atoms with Crippen molar-refractivity contribution in [3.05, 3.63) is 29.8 Å². The zero-order valence-corrected chi connectivity index (χ0v) is 12.6. The average molecular weight is 290 g/mol. The van der Waals surface area contributed by atoms with Crippen LogP contribution in [0.25, 0.3) is 0 Å². The van der Waals surface area contributed by atoms with Crippen molar-refractivity contribution in [2.24, 2.45) is 0 Å². The second-order valence-electron chi connectivity index (χ2n) is 4.23. The van der Waals surface area contributed by atoms with Crippen molar-refractivity contribution in [3.63, 3.8) is 0 Å². The Morgan fingerprint density at radius 2 is 1.78 bits per heavy atom. The summed E-state index contributed by atoms with van der Waals surface area (Å²) in [6.45, 7) is 3.99.